The van der Waals surface area contributed by atoms with E-state index in [1.165, 1.54) is 0 Å². The summed E-state index contributed by atoms with van der Waals surface area (Å²) >= 11 is 6.10. The number of rotatable bonds is 5. The zero-order valence-electron chi connectivity index (χ0n) is 11.4. The summed E-state index contributed by atoms with van der Waals surface area (Å²) in [5.74, 6) is 2.04. The van der Waals surface area contributed by atoms with Crippen LogP contribution >= 0.6 is 11.6 Å². The van der Waals surface area contributed by atoms with Crippen LogP contribution in [0.25, 0.3) is 0 Å². The van der Waals surface area contributed by atoms with Crippen LogP contribution in [0.15, 0.2) is 30.6 Å². The molecule has 0 spiro atoms. The minimum Gasteiger partial charge on any atom is -0.495 e. The topological polar surface area (TPSA) is 39.1 Å². The monoisotopic (exact) mass is 279 g/mol. The number of ether oxygens (including phenoxy) is 1. The first-order valence-corrected chi connectivity index (χ1v) is 6.59. The maximum Gasteiger partial charge on any atom is 0.207 e. The summed E-state index contributed by atoms with van der Waals surface area (Å²) in [4.78, 5) is 4.31. The van der Waals surface area contributed by atoms with E-state index >= 15 is 0 Å². The van der Waals surface area contributed by atoms with Crippen LogP contribution < -0.4 is 10.1 Å². The zero-order chi connectivity index (χ0) is 13.8. The van der Waals surface area contributed by atoms with Crippen molar-refractivity contribution in [1.82, 2.24) is 9.55 Å². The Hall–Kier alpha value is -1.68. The van der Waals surface area contributed by atoms with E-state index in [1.54, 1.807) is 13.3 Å². The molecule has 1 aromatic carbocycles. The fourth-order valence-corrected chi connectivity index (χ4v) is 2.10. The van der Waals surface area contributed by atoms with Gasteiger partial charge >= 0.3 is 0 Å². The number of nitrogens with one attached hydrogen (secondary N) is 1. The predicted molar refractivity (Wildman–Crippen MR) is 78.4 cm³/mol. The van der Waals surface area contributed by atoms with Crippen molar-refractivity contribution in [3.05, 3.63) is 35.6 Å². The Labute approximate surface area is 118 Å². The van der Waals surface area contributed by atoms with E-state index in [2.05, 4.69) is 28.7 Å². The molecule has 0 aliphatic rings. The summed E-state index contributed by atoms with van der Waals surface area (Å²) in [5, 5.41) is 3.84. The summed E-state index contributed by atoms with van der Waals surface area (Å²) < 4.78 is 7.22. The van der Waals surface area contributed by atoms with Gasteiger partial charge in [-0.05, 0) is 24.1 Å². The van der Waals surface area contributed by atoms with Crippen molar-refractivity contribution < 1.29 is 4.74 Å². The number of aromatic nitrogens is 2. The van der Waals surface area contributed by atoms with E-state index in [-0.39, 0.29) is 0 Å². The van der Waals surface area contributed by atoms with E-state index < -0.39 is 0 Å². The minimum absolute atomic E-state index is 0.564. The standard InChI is InChI=1S/C14H18ClN3O/c1-10(2)9-18-7-6-16-14(18)17-11-4-5-13(19-3)12(15)8-11/h4-8,10H,9H2,1-3H3,(H,16,17). The van der Waals surface area contributed by atoms with Crippen LogP contribution in [0.2, 0.25) is 5.02 Å². The first kappa shape index (κ1) is 13.7. The molecule has 1 heterocycles. The molecule has 1 aromatic heterocycles. The number of benzene rings is 1. The van der Waals surface area contributed by atoms with Gasteiger partial charge in [-0.15, -0.1) is 0 Å². The highest BCUT2D eigenvalue weighted by molar-refractivity contribution is 6.32. The molecule has 0 fully saturated rings. The number of methoxy groups -OCH3 is 1. The Morgan fingerprint density at radius 1 is 1.42 bits per heavy atom. The molecular formula is C14H18ClN3O. The smallest absolute Gasteiger partial charge is 0.207 e. The maximum atomic E-state index is 6.10. The van der Waals surface area contributed by atoms with E-state index in [0.717, 1.165) is 18.2 Å². The average Bonchev–Trinajstić information content (AvgIpc) is 2.76. The van der Waals surface area contributed by atoms with Crippen LogP contribution in [0.5, 0.6) is 5.75 Å². The summed E-state index contributed by atoms with van der Waals surface area (Å²) in [6.45, 7) is 5.27. The molecular weight excluding hydrogens is 262 g/mol. The largest absolute Gasteiger partial charge is 0.495 e. The number of nitrogens with zero attached hydrogens (tertiary/aromatic N) is 2. The third-order valence-corrected chi connectivity index (χ3v) is 2.98. The van der Waals surface area contributed by atoms with Gasteiger partial charge in [0.1, 0.15) is 5.75 Å². The molecule has 0 saturated carbocycles. The number of hydrogen-bond donors (Lipinski definition) is 1. The zero-order valence-corrected chi connectivity index (χ0v) is 12.1. The van der Waals surface area contributed by atoms with Crippen molar-refractivity contribution in [2.24, 2.45) is 5.92 Å². The van der Waals surface area contributed by atoms with Crippen molar-refractivity contribution >= 4 is 23.2 Å². The Bertz CT molecular complexity index is 551. The second-order valence-electron chi connectivity index (χ2n) is 4.77. The lowest BCUT2D eigenvalue weighted by Gasteiger charge is -2.12. The fourth-order valence-electron chi connectivity index (χ4n) is 1.85. The van der Waals surface area contributed by atoms with E-state index in [4.69, 9.17) is 16.3 Å². The second kappa shape index (κ2) is 5.97. The van der Waals surface area contributed by atoms with E-state index in [1.807, 2.05) is 24.4 Å². The van der Waals surface area contributed by atoms with Gasteiger partial charge in [-0.2, -0.15) is 0 Å². The van der Waals surface area contributed by atoms with Gasteiger partial charge in [-0.3, -0.25) is 0 Å². The van der Waals surface area contributed by atoms with Gasteiger partial charge in [0.2, 0.25) is 5.95 Å². The highest BCUT2D eigenvalue weighted by Crippen LogP contribution is 2.28. The van der Waals surface area contributed by atoms with E-state index in [0.29, 0.717) is 16.7 Å². The molecule has 1 N–H and O–H groups in total. The molecule has 5 heteroatoms. The van der Waals surface area contributed by atoms with Crippen LogP contribution in [0.4, 0.5) is 11.6 Å². The molecule has 0 aliphatic carbocycles. The third kappa shape index (κ3) is 3.41. The third-order valence-electron chi connectivity index (χ3n) is 2.69. The molecule has 0 amide bonds. The van der Waals surface area contributed by atoms with Gasteiger partial charge in [0.05, 0.1) is 12.1 Å². The molecule has 2 rings (SSSR count). The molecule has 4 nitrogen and oxygen atoms in total. The summed E-state index contributed by atoms with van der Waals surface area (Å²) in [6.07, 6.45) is 3.75. The number of halogens is 1. The van der Waals surface area contributed by atoms with Gasteiger partial charge in [-0.25, -0.2) is 4.98 Å². The lowest BCUT2D eigenvalue weighted by Crippen LogP contribution is -2.07. The van der Waals surface area contributed by atoms with Crippen molar-refractivity contribution in [3.8, 4) is 5.75 Å². The minimum atomic E-state index is 0.564. The normalized spacial score (nSPS) is 10.8. The number of hydrogen-bond acceptors (Lipinski definition) is 3. The molecule has 0 aliphatic heterocycles. The fraction of sp³-hybridized carbons (Fsp3) is 0.357. The molecule has 0 unspecified atom stereocenters. The van der Waals surface area contributed by atoms with Crippen molar-refractivity contribution in [2.75, 3.05) is 12.4 Å². The summed E-state index contributed by atoms with van der Waals surface area (Å²) in [7, 11) is 1.60. The van der Waals surface area contributed by atoms with Gasteiger partial charge in [0, 0.05) is 24.6 Å². The first-order valence-electron chi connectivity index (χ1n) is 6.22. The van der Waals surface area contributed by atoms with Crippen LogP contribution in [-0.2, 0) is 6.54 Å². The molecule has 19 heavy (non-hydrogen) atoms. The average molecular weight is 280 g/mol. The summed E-state index contributed by atoms with van der Waals surface area (Å²) in [6, 6.07) is 5.58. The van der Waals surface area contributed by atoms with Gasteiger partial charge < -0.3 is 14.6 Å². The highest BCUT2D eigenvalue weighted by atomic mass is 35.5. The van der Waals surface area contributed by atoms with E-state index in [9.17, 15) is 0 Å². The predicted octanol–water partition coefficient (Wildman–Crippen LogP) is 3.94. The quantitative estimate of drug-likeness (QED) is 0.901. The molecule has 102 valence electrons. The molecule has 0 saturated heterocycles. The Morgan fingerprint density at radius 3 is 2.84 bits per heavy atom. The SMILES string of the molecule is COc1ccc(Nc2nccn2CC(C)C)cc1Cl. The Kier molecular flexibility index (Phi) is 4.32. The summed E-state index contributed by atoms with van der Waals surface area (Å²) in [5.41, 5.74) is 0.891. The maximum absolute atomic E-state index is 6.10. The van der Waals surface area contributed by atoms with Crippen molar-refractivity contribution in [1.29, 1.82) is 0 Å². The van der Waals surface area contributed by atoms with Crippen LogP contribution in [0.3, 0.4) is 0 Å². The van der Waals surface area contributed by atoms with Gasteiger partial charge in [-0.1, -0.05) is 25.4 Å². The first-order chi connectivity index (χ1) is 9.10. The van der Waals surface area contributed by atoms with Crippen LogP contribution in [-0.4, -0.2) is 16.7 Å². The van der Waals surface area contributed by atoms with Crippen LogP contribution in [0, 0.1) is 5.92 Å². The Balaban J connectivity index is 2.17. The second-order valence-corrected chi connectivity index (χ2v) is 5.18. The highest BCUT2D eigenvalue weighted by Gasteiger charge is 2.07. The lowest BCUT2D eigenvalue weighted by molar-refractivity contribution is 0.415. The Morgan fingerprint density at radius 2 is 2.21 bits per heavy atom. The van der Waals surface area contributed by atoms with Crippen LogP contribution in [0.1, 0.15) is 13.8 Å². The lowest BCUT2D eigenvalue weighted by atomic mass is 10.2. The van der Waals surface area contributed by atoms with Gasteiger partial charge in [0.25, 0.3) is 0 Å². The van der Waals surface area contributed by atoms with Gasteiger partial charge in [0.15, 0.2) is 0 Å². The molecule has 0 radical (unpaired) electrons. The number of imidazole rings is 1. The molecule has 0 atom stereocenters. The molecule has 2 aromatic rings. The van der Waals surface area contributed by atoms with Crippen molar-refractivity contribution in [3.63, 3.8) is 0 Å². The molecule has 0 bridgehead atoms. The number of anilines is 2. The van der Waals surface area contributed by atoms with Crippen molar-refractivity contribution in [2.45, 2.75) is 20.4 Å².